The number of epoxide rings is 1. The Morgan fingerprint density at radius 2 is 2.14 bits per heavy atom. The van der Waals surface area contributed by atoms with Crippen LogP contribution in [-0.4, -0.2) is 18.6 Å². The molecule has 0 aliphatic carbocycles. The third kappa shape index (κ3) is 1.09. The van der Waals surface area contributed by atoms with Gasteiger partial charge in [0.05, 0.1) is 6.61 Å². The highest BCUT2D eigenvalue weighted by atomic mass is 19.3. The summed E-state index contributed by atoms with van der Waals surface area (Å²) >= 11 is 0. The molecule has 0 bridgehead atoms. The van der Waals surface area contributed by atoms with Gasteiger partial charge in [-0.1, -0.05) is 0 Å². The van der Waals surface area contributed by atoms with Crippen molar-refractivity contribution in [3.05, 3.63) is 0 Å². The molecule has 1 rings (SSSR count). The van der Waals surface area contributed by atoms with E-state index in [0.717, 1.165) is 6.92 Å². The molecule has 0 spiro atoms. The first-order valence-electron chi connectivity index (χ1n) is 2.10. The Morgan fingerprint density at radius 1 is 1.71 bits per heavy atom. The highest BCUT2D eigenvalue weighted by molar-refractivity contribution is 4.81. The molecule has 0 radical (unpaired) electrons. The molecular weight excluding hydrogens is 102 g/mol. The SMILES string of the molecule is CC(F)(F)C1CO1. The van der Waals surface area contributed by atoms with Crippen LogP contribution in [-0.2, 0) is 4.74 Å². The van der Waals surface area contributed by atoms with E-state index in [1.807, 2.05) is 0 Å². The predicted molar refractivity (Wildman–Crippen MR) is 20.4 cm³/mol. The van der Waals surface area contributed by atoms with Gasteiger partial charge in [0.25, 0.3) is 5.92 Å². The molecule has 0 aromatic heterocycles. The summed E-state index contributed by atoms with van der Waals surface area (Å²) in [5.74, 6) is -2.61. The first kappa shape index (κ1) is 4.97. The fourth-order valence-electron chi connectivity index (χ4n) is 0.341. The molecule has 0 N–H and O–H groups in total. The second-order valence-electron chi connectivity index (χ2n) is 1.78. The van der Waals surface area contributed by atoms with Crippen LogP contribution in [0.2, 0.25) is 0 Å². The molecule has 0 aromatic rings. The van der Waals surface area contributed by atoms with E-state index < -0.39 is 12.0 Å². The summed E-state index contributed by atoms with van der Waals surface area (Å²) in [4.78, 5) is 0. The topological polar surface area (TPSA) is 12.5 Å². The molecule has 1 nitrogen and oxygen atoms in total. The Balaban J connectivity index is 2.36. The van der Waals surface area contributed by atoms with Crippen molar-refractivity contribution in [1.29, 1.82) is 0 Å². The van der Waals surface area contributed by atoms with E-state index in [2.05, 4.69) is 4.74 Å². The van der Waals surface area contributed by atoms with Crippen LogP contribution in [0.25, 0.3) is 0 Å². The first-order chi connectivity index (χ1) is 3.11. The van der Waals surface area contributed by atoms with Crippen molar-refractivity contribution in [3.8, 4) is 0 Å². The van der Waals surface area contributed by atoms with Crippen LogP contribution in [0.4, 0.5) is 8.78 Å². The van der Waals surface area contributed by atoms with Gasteiger partial charge in [-0.2, -0.15) is 0 Å². The molecule has 3 heteroatoms. The van der Waals surface area contributed by atoms with E-state index in [9.17, 15) is 8.78 Å². The van der Waals surface area contributed by atoms with E-state index in [-0.39, 0.29) is 6.61 Å². The molecule has 1 atom stereocenters. The number of hydrogen-bond donors (Lipinski definition) is 0. The second kappa shape index (κ2) is 1.15. The average molecular weight is 108 g/mol. The minimum absolute atomic E-state index is 0.226. The smallest absolute Gasteiger partial charge is 0.273 e. The van der Waals surface area contributed by atoms with Gasteiger partial charge in [0.1, 0.15) is 6.10 Å². The van der Waals surface area contributed by atoms with Crippen LogP contribution in [0, 0.1) is 0 Å². The summed E-state index contributed by atoms with van der Waals surface area (Å²) < 4.78 is 27.9. The maximum absolute atomic E-state index is 11.8. The summed E-state index contributed by atoms with van der Waals surface area (Å²) in [6, 6.07) is 0. The minimum atomic E-state index is -2.61. The standard InChI is InChI=1S/C4H6F2O/c1-4(5,6)3-2-7-3/h3H,2H2,1H3. The molecule has 42 valence electrons. The van der Waals surface area contributed by atoms with Crippen LogP contribution in [0.5, 0.6) is 0 Å². The number of alkyl halides is 2. The maximum Gasteiger partial charge on any atom is 0.273 e. The number of ether oxygens (including phenoxy) is 1. The van der Waals surface area contributed by atoms with Crippen LogP contribution >= 0.6 is 0 Å². The van der Waals surface area contributed by atoms with E-state index in [1.54, 1.807) is 0 Å². The van der Waals surface area contributed by atoms with Gasteiger partial charge in [0.15, 0.2) is 0 Å². The summed E-state index contributed by atoms with van der Waals surface area (Å²) in [5, 5.41) is 0. The van der Waals surface area contributed by atoms with Gasteiger partial charge < -0.3 is 4.74 Å². The van der Waals surface area contributed by atoms with Crippen molar-refractivity contribution < 1.29 is 13.5 Å². The molecule has 1 fully saturated rings. The fraction of sp³-hybridized carbons (Fsp3) is 1.00. The van der Waals surface area contributed by atoms with Crippen molar-refractivity contribution in [2.75, 3.05) is 6.61 Å². The zero-order valence-electron chi connectivity index (χ0n) is 3.95. The van der Waals surface area contributed by atoms with Gasteiger partial charge in [-0.05, 0) is 0 Å². The number of hydrogen-bond acceptors (Lipinski definition) is 1. The molecule has 0 amide bonds. The molecule has 0 aromatic carbocycles. The molecule has 1 heterocycles. The van der Waals surface area contributed by atoms with Crippen LogP contribution < -0.4 is 0 Å². The molecule has 1 unspecified atom stereocenters. The van der Waals surface area contributed by atoms with E-state index in [1.165, 1.54) is 0 Å². The third-order valence-electron chi connectivity index (χ3n) is 0.899. The summed E-state index contributed by atoms with van der Waals surface area (Å²) in [6.07, 6.45) is -0.785. The third-order valence-corrected chi connectivity index (χ3v) is 0.899. The monoisotopic (exact) mass is 108 g/mol. The highest BCUT2D eigenvalue weighted by Gasteiger charge is 2.44. The Morgan fingerprint density at radius 3 is 2.14 bits per heavy atom. The normalized spacial score (nSPS) is 30.4. The van der Waals surface area contributed by atoms with Gasteiger partial charge in [0.2, 0.25) is 0 Å². The first-order valence-corrected chi connectivity index (χ1v) is 2.10. The van der Waals surface area contributed by atoms with E-state index in [0.29, 0.717) is 0 Å². The second-order valence-corrected chi connectivity index (χ2v) is 1.78. The average Bonchev–Trinajstić information content (AvgIpc) is 1.99. The van der Waals surface area contributed by atoms with Crippen LogP contribution in [0.1, 0.15) is 6.92 Å². The zero-order valence-corrected chi connectivity index (χ0v) is 3.95. The van der Waals surface area contributed by atoms with E-state index >= 15 is 0 Å². The van der Waals surface area contributed by atoms with Gasteiger partial charge in [-0.3, -0.25) is 0 Å². The summed E-state index contributed by atoms with van der Waals surface area (Å²) in [5.41, 5.74) is 0. The molecule has 1 aliphatic rings. The summed E-state index contributed by atoms with van der Waals surface area (Å²) in [6.45, 7) is 1.09. The highest BCUT2D eigenvalue weighted by Crippen LogP contribution is 2.28. The van der Waals surface area contributed by atoms with Gasteiger partial charge in [0, 0.05) is 6.92 Å². The number of rotatable bonds is 1. The Labute approximate surface area is 40.3 Å². The molecule has 1 saturated heterocycles. The van der Waals surface area contributed by atoms with Crippen molar-refractivity contribution in [1.82, 2.24) is 0 Å². The lowest BCUT2D eigenvalue weighted by atomic mass is 10.3. The Hall–Kier alpha value is -0.180. The zero-order chi connectivity index (χ0) is 5.49. The van der Waals surface area contributed by atoms with Gasteiger partial charge >= 0.3 is 0 Å². The van der Waals surface area contributed by atoms with Crippen molar-refractivity contribution in [3.63, 3.8) is 0 Å². The lowest BCUT2D eigenvalue weighted by molar-refractivity contribution is -0.00695. The summed E-state index contributed by atoms with van der Waals surface area (Å²) in [7, 11) is 0. The van der Waals surface area contributed by atoms with Crippen LogP contribution in [0.15, 0.2) is 0 Å². The van der Waals surface area contributed by atoms with Crippen LogP contribution in [0.3, 0.4) is 0 Å². The lowest BCUT2D eigenvalue weighted by Crippen LogP contribution is -2.17. The number of halogens is 2. The molecule has 7 heavy (non-hydrogen) atoms. The largest absolute Gasteiger partial charge is 0.367 e. The fourth-order valence-corrected chi connectivity index (χ4v) is 0.341. The Bertz CT molecular complexity index is 72.2. The quantitative estimate of drug-likeness (QED) is 0.457. The molecular formula is C4H6F2O. The Kier molecular flexibility index (Phi) is 0.819. The van der Waals surface area contributed by atoms with Crippen molar-refractivity contribution in [2.45, 2.75) is 19.0 Å². The lowest BCUT2D eigenvalue weighted by Gasteiger charge is -2.01. The maximum atomic E-state index is 11.8. The van der Waals surface area contributed by atoms with Gasteiger partial charge in [-0.15, -0.1) is 0 Å². The molecule has 1 aliphatic heterocycles. The van der Waals surface area contributed by atoms with E-state index in [4.69, 9.17) is 0 Å². The van der Waals surface area contributed by atoms with Gasteiger partial charge in [-0.25, -0.2) is 8.78 Å². The van der Waals surface area contributed by atoms with Crippen molar-refractivity contribution in [2.24, 2.45) is 0 Å². The predicted octanol–water partition coefficient (Wildman–Crippen LogP) is 1.04. The molecule has 0 saturated carbocycles. The van der Waals surface area contributed by atoms with Crippen molar-refractivity contribution >= 4 is 0 Å². The minimum Gasteiger partial charge on any atom is -0.367 e.